The van der Waals surface area contributed by atoms with E-state index in [2.05, 4.69) is 0 Å². The molecule has 0 atom stereocenters. The van der Waals surface area contributed by atoms with E-state index < -0.39 is 10.0 Å². The maximum atomic E-state index is 12.8. The monoisotopic (exact) mass is 355 g/mol. The lowest BCUT2D eigenvalue weighted by Gasteiger charge is -2.26. The van der Waals surface area contributed by atoms with Crippen LogP contribution in [-0.4, -0.2) is 33.7 Å². The van der Waals surface area contributed by atoms with Gasteiger partial charge in [0.1, 0.15) is 12.6 Å². The van der Waals surface area contributed by atoms with Crippen LogP contribution in [0.1, 0.15) is 11.1 Å². The van der Waals surface area contributed by atoms with E-state index in [0.29, 0.717) is 6.54 Å². The molecule has 1 heterocycles. The summed E-state index contributed by atoms with van der Waals surface area (Å²) in [5.74, 6) is -0.317. The Kier molecular flexibility index (Phi) is 4.47. The molecule has 2 aromatic rings. The summed E-state index contributed by atoms with van der Waals surface area (Å²) >= 11 is 0. The molecule has 128 valence electrons. The highest BCUT2D eigenvalue weighted by Gasteiger charge is 2.29. The van der Waals surface area contributed by atoms with E-state index in [9.17, 15) is 18.5 Å². The van der Waals surface area contributed by atoms with Crippen molar-refractivity contribution in [1.29, 1.82) is 5.26 Å². The number of carbonyl (C=O) groups excluding carboxylic acids is 1. The van der Waals surface area contributed by atoms with E-state index in [4.69, 9.17) is 0 Å². The summed E-state index contributed by atoms with van der Waals surface area (Å²) in [4.78, 5) is 14.4. The molecule has 0 aromatic heterocycles. The lowest BCUT2D eigenvalue weighted by molar-refractivity contribution is -0.117. The molecule has 6 nitrogen and oxygen atoms in total. The standard InChI is InChI=1S/C18H17N3O3S/c1-25(23,24)21(17-9-5-3-7-15(17)12-19)13-18(22)20-11-10-14-6-2-4-8-16(14)20/h2-9H,10-11,13H2,1H3. The van der Waals surface area contributed by atoms with Crippen molar-refractivity contribution in [3.8, 4) is 6.07 Å². The molecule has 0 unspecified atom stereocenters. The minimum Gasteiger partial charge on any atom is -0.310 e. The number of nitrogens with zero attached hydrogens (tertiary/aromatic N) is 3. The maximum Gasteiger partial charge on any atom is 0.247 e. The molecule has 0 spiro atoms. The Balaban J connectivity index is 1.93. The molecule has 0 saturated heterocycles. The van der Waals surface area contributed by atoms with Crippen LogP contribution in [-0.2, 0) is 21.2 Å². The summed E-state index contributed by atoms with van der Waals surface area (Å²) < 4.78 is 25.5. The van der Waals surface area contributed by atoms with Gasteiger partial charge in [-0.25, -0.2) is 8.42 Å². The highest BCUT2D eigenvalue weighted by molar-refractivity contribution is 7.92. The predicted molar refractivity (Wildman–Crippen MR) is 95.8 cm³/mol. The third kappa shape index (κ3) is 3.35. The van der Waals surface area contributed by atoms with E-state index >= 15 is 0 Å². The predicted octanol–water partition coefficient (Wildman–Crippen LogP) is 1.91. The summed E-state index contributed by atoms with van der Waals surface area (Å²) in [5, 5.41) is 9.24. The summed E-state index contributed by atoms with van der Waals surface area (Å²) in [6, 6.07) is 15.9. The lowest BCUT2D eigenvalue weighted by atomic mass is 10.2. The van der Waals surface area contributed by atoms with Gasteiger partial charge in [-0.15, -0.1) is 0 Å². The molecule has 1 amide bonds. The summed E-state index contributed by atoms with van der Waals surface area (Å²) in [5.41, 5.74) is 2.31. The highest BCUT2D eigenvalue weighted by Crippen LogP contribution is 2.28. The van der Waals surface area contributed by atoms with E-state index in [0.717, 1.165) is 28.2 Å². The van der Waals surface area contributed by atoms with Gasteiger partial charge in [-0.05, 0) is 30.2 Å². The van der Waals surface area contributed by atoms with Crippen LogP contribution in [0.25, 0.3) is 0 Å². The van der Waals surface area contributed by atoms with Gasteiger partial charge in [-0.2, -0.15) is 5.26 Å². The zero-order chi connectivity index (χ0) is 18.0. The largest absolute Gasteiger partial charge is 0.310 e. The van der Waals surface area contributed by atoms with Gasteiger partial charge in [0.25, 0.3) is 0 Å². The second-order valence-corrected chi connectivity index (χ2v) is 7.73. The average molecular weight is 355 g/mol. The van der Waals surface area contributed by atoms with Crippen LogP contribution in [0.2, 0.25) is 0 Å². The normalized spacial score (nSPS) is 13.2. The molecule has 0 radical (unpaired) electrons. The number of amides is 1. The smallest absolute Gasteiger partial charge is 0.247 e. The number of rotatable bonds is 4. The number of nitriles is 1. The van der Waals surface area contributed by atoms with Crippen molar-refractivity contribution in [2.24, 2.45) is 0 Å². The SMILES string of the molecule is CS(=O)(=O)N(CC(=O)N1CCc2ccccc21)c1ccccc1C#N. The number of benzene rings is 2. The van der Waals surface area contributed by atoms with E-state index in [1.165, 1.54) is 12.1 Å². The first-order valence-corrected chi connectivity index (χ1v) is 9.62. The number of fused-ring (bicyclic) bond motifs is 1. The van der Waals surface area contributed by atoms with Gasteiger partial charge in [0.2, 0.25) is 15.9 Å². The van der Waals surface area contributed by atoms with Crippen LogP contribution in [0.5, 0.6) is 0 Å². The molecule has 0 bridgehead atoms. The zero-order valence-corrected chi connectivity index (χ0v) is 14.5. The number of carbonyl (C=O) groups is 1. The Morgan fingerprint density at radius 3 is 2.60 bits per heavy atom. The van der Waals surface area contributed by atoms with Crippen molar-refractivity contribution in [2.75, 3.05) is 28.6 Å². The number of hydrogen-bond acceptors (Lipinski definition) is 4. The minimum absolute atomic E-state index is 0.211. The zero-order valence-electron chi connectivity index (χ0n) is 13.7. The van der Waals surface area contributed by atoms with Crippen LogP contribution in [0.15, 0.2) is 48.5 Å². The lowest BCUT2D eigenvalue weighted by Crippen LogP contribution is -2.42. The molecule has 0 N–H and O–H groups in total. The van der Waals surface area contributed by atoms with Crippen LogP contribution in [0, 0.1) is 11.3 Å². The third-order valence-corrected chi connectivity index (χ3v) is 5.29. The molecule has 1 aliphatic heterocycles. The van der Waals surface area contributed by atoms with E-state index in [-0.39, 0.29) is 23.7 Å². The van der Waals surface area contributed by atoms with Gasteiger partial charge < -0.3 is 4.90 Å². The highest BCUT2D eigenvalue weighted by atomic mass is 32.2. The minimum atomic E-state index is -3.72. The topological polar surface area (TPSA) is 81.5 Å². The number of sulfonamides is 1. The molecule has 1 aliphatic rings. The second kappa shape index (κ2) is 6.57. The first-order valence-electron chi connectivity index (χ1n) is 7.77. The van der Waals surface area contributed by atoms with Crippen molar-refractivity contribution >= 4 is 27.3 Å². The third-order valence-electron chi connectivity index (χ3n) is 4.16. The molecule has 3 rings (SSSR count). The molecule has 7 heteroatoms. The Labute approximate surface area is 147 Å². The van der Waals surface area contributed by atoms with Crippen molar-refractivity contribution in [1.82, 2.24) is 0 Å². The van der Waals surface area contributed by atoms with Crippen molar-refractivity contribution in [2.45, 2.75) is 6.42 Å². The number of para-hydroxylation sites is 2. The molecule has 25 heavy (non-hydrogen) atoms. The summed E-state index contributed by atoms with van der Waals surface area (Å²) in [6.07, 6.45) is 1.78. The van der Waals surface area contributed by atoms with Gasteiger partial charge in [0, 0.05) is 12.2 Å². The molecular weight excluding hydrogens is 338 g/mol. The maximum absolute atomic E-state index is 12.8. The summed E-state index contributed by atoms with van der Waals surface area (Å²) in [7, 11) is -3.72. The van der Waals surface area contributed by atoms with Gasteiger partial charge >= 0.3 is 0 Å². The average Bonchev–Trinajstić information content (AvgIpc) is 3.02. The van der Waals surface area contributed by atoms with Crippen LogP contribution in [0.3, 0.4) is 0 Å². The number of hydrogen-bond donors (Lipinski definition) is 0. The first-order chi connectivity index (χ1) is 11.9. The Morgan fingerprint density at radius 1 is 1.20 bits per heavy atom. The fourth-order valence-corrected chi connectivity index (χ4v) is 3.83. The van der Waals surface area contributed by atoms with Crippen molar-refractivity contribution in [3.05, 3.63) is 59.7 Å². The summed E-state index contributed by atoms with van der Waals surface area (Å²) in [6.45, 7) is 0.182. The van der Waals surface area contributed by atoms with Gasteiger partial charge in [0.05, 0.1) is 17.5 Å². The van der Waals surface area contributed by atoms with E-state index in [1.807, 2.05) is 30.3 Å². The Hall–Kier alpha value is -2.85. The molecule has 2 aromatic carbocycles. The van der Waals surface area contributed by atoms with Crippen LogP contribution in [0.4, 0.5) is 11.4 Å². The first kappa shape index (κ1) is 17.0. The Bertz CT molecular complexity index is 964. The fourth-order valence-electron chi connectivity index (χ4n) is 2.97. The quantitative estimate of drug-likeness (QED) is 0.839. The van der Waals surface area contributed by atoms with Gasteiger partial charge in [0.15, 0.2) is 0 Å². The number of anilines is 2. The molecule has 0 aliphatic carbocycles. The van der Waals surface area contributed by atoms with Crippen molar-refractivity contribution < 1.29 is 13.2 Å². The molecule has 0 fully saturated rings. The van der Waals surface area contributed by atoms with Crippen LogP contribution < -0.4 is 9.21 Å². The van der Waals surface area contributed by atoms with Crippen LogP contribution >= 0.6 is 0 Å². The van der Waals surface area contributed by atoms with Gasteiger partial charge in [-0.1, -0.05) is 30.3 Å². The molecule has 0 saturated carbocycles. The van der Waals surface area contributed by atoms with E-state index in [1.54, 1.807) is 17.0 Å². The van der Waals surface area contributed by atoms with Crippen molar-refractivity contribution in [3.63, 3.8) is 0 Å². The second-order valence-electron chi connectivity index (χ2n) is 5.82. The molecular formula is C18H17N3O3S. The Morgan fingerprint density at radius 2 is 1.88 bits per heavy atom. The fraction of sp³-hybridized carbons (Fsp3) is 0.222. The van der Waals surface area contributed by atoms with Gasteiger partial charge in [-0.3, -0.25) is 9.10 Å².